The molecule has 0 atom stereocenters. The van der Waals surface area contributed by atoms with E-state index < -0.39 is 0 Å². The molecule has 2 aliphatic rings. The van der Waals surface area contributed by atoms with Crippen molar-refractivity contribution in [2.45, 2.75) is 20.8 Å². The molecular formula is C30H32ClNO6. The topological polar surface area (TPSA) is 82.1 Å². The van der Waals surface area contributed by atoms with E-state index in [1.165, 1.54) is 19.5 Å². The van der Waals surface area contributed by atoms with Crippen LogP contribution in [0.3, 0.4) is 0 Å². The van der Waals surface area contributed by atoms with Gasteiger partial charge < -0.3 is 19.1 Å². The summed E-state index contributed by atoms with van der Waals surface area (Å²) < 4.78 is 15.9. The Hall–Kier alpha value is -3.68. The minimum absolute atomic E-state index is 0.0389. The maximum Gasteiger partial charge on any atom is 0.162 e. The van der Waals surface area contributed by atoms with E-state index in [1.807, 2.05) is 24.3 Å². The molecule has 7 nitrogen and oxygen atoms in total. The molecule has 0 aliphatic carbocycles. The van der Waals surface area contributed by atoms with Gasteiger partial charge in [0.1, 0.15) is 13.2 Å². The van der Waals surface area contributed by atoms with Gasteiger partial charge in [-0.25, -0.2) is 0 Å². The summed E-state index contributed by atoms with van der Waals surface area (Å²) in [5, 5.41) is 0.657. The summed E-state index contributed by atoms with van der Waals surface area (Å²) in [6.07, 6.45) is 0. The summed E-state index contributed by atoms with van der Waals surface area (Å²) in [5.74, 6) is 1.60. The van der Waals surface area contributed by atoms with E-state index in [0.29, 0.717) is 35.1 Å². The van der Waals surface area contributed by atoms with Gasteiger partial charge in [-0.1, -0.05) is 11.6 Å². The highest BCUT2D eigenvalue weighted by Crippen LogP contribution is 2.30. The summed E-state index contributed by atoms with van der Waals surface area (Å²) in [7, 11) is 0. The number of carbonyl (C=O) groups excluding carboxylic acids is 3. The van der Waals surface area contributed by atoms with Crippen molar-refractivity contribution in [2.75, 3.05) is 44.4 Å². The van der Waals surface area contributed by atoms with Crippen LogP contribution >= 0.6 is 11.6 Å². The molecule has 5 rings (SSSR count). The summed E-state index contributed by atoms with van der Waals surface area (Å²) in [5.41, 5.74) is 3.30. The third-order valence-electron chi connectivity index (χ3n) is 5.85. The molecule has 1 saturated heterocycles. The van der Waals surface area contributed by atoms with Crippen LogP contribution in [0.25, 0.3) is 0 Å². The van der Waals surface area contributed by atoms with Gasteiger partial charge >= 0.3 is 0 Å². The van der Waals surface area contributed by atoms with Gasteiger partial charge in [0.15, 0.2) is 28.8 Å². The number of benzene rings is 3. The van der Waals surface area contributed by atoms with Crippen LogP contribution in [0, 0.1) is 0 Å². The zero-order valence-electron chi connectivity index (χ0n) is 21.9. The molecule has 0 amide bonds. The lowest BCUT2D eigenvalue weighted by Crippen LogP contribution is -2.36. The number of ether oxygens (including phenoxy) is 3. The van der Waals surface area contributed by atoms with Crippen molar-refractivity contribution < 1.29 is 28.6 Å². The first-order valence-corrected chi connectivity index (χ1v) is 12.7. The molecule has 1 fully saturated rings. The third-order valence-corrected chi connectivity index (χ3v) is 6.10. The van der Waals surface area contributed by atoms with E-state index in [9.17, 15) is 14.4 Å². The van der Waals surface area contributed by atoms with Gasteiger partial charge in [0.25, 0.3) is 0 Å². The van der Waals surface area contributed by atoms with Crippen LogP contribution in [0.2, 0.25) is 5.02 Å². The summed E-state index contributed by atoms with van der Waals surface area (Å²) in [6.45, 7) is 9.21. The van der Waals surface area contributed by atoms with Gasteiger partial charge in [0.2, 0.25) is 0 Å². The number of nitrogens with zero attached hydrogens (tertiary/aromatic N) is 1. The molecular weight excluding hydrogens is 506 g/mol. The van der Waals surface area contributed by atoms with Crippen molar-refractivity contribution >= 4 is 34.6 Å². The molecule has 0 unspecified atom stereocenters. The van der Waals surface area contributed by atoms with E-state index >= 15 is 0 Å². The number of Topliss-reactive ketones (excluding diaryl/α,β-unsaturated/α-hetero) is 3. The molecule has 0 spiro atoms. The van der Waals surface area contributed by atoms with Crippen molar-refractivity contribution in [3.8, 4) is 11.5 Å². The monoisotopic (exact) mass is 537 g/mol. The molecule has 2 heterocycles. The van der Waals surface area contributed by atoms with Gasteiger partial charge in [-0.3, -0.25) is 14.4 Å². The largest absolute Gasteiger partial charge is 0.486 e. The molecule has 3 aromatic carbocycles. The number of hydrogen-bond acceptors (Lipinski definition) is 7. The first-order valence-electron chi connectivity index (χ1n) is 12.4. The number of rotatable bonds is 4. The Bertz CT molecular complexity index is 1230. The lowest BCUT2D eigenvalue weighted by atomic mass is 10.1. The molecule has 0 radical (unpaired) electrons. The fourth-order valence-corrected chi connectivity index (χ4v) is 3.80. The number of carbonyl (C=O) groups is 3. The quantitative estimate of drug-likeness (QED) is 0.381. The van der Waals surface area contributed by atoms with E-state index in [1.54, 1.807) is 49.4 Å². The summed E-state index contributed by atoms with van der Waals surface area (Å²) in [6, 6.07) is 19.8. The third kappa shape index (κ3) is 8.71. The van der Waals surface area contributed by atoms with Gasteiger partial charge in [0, 0.05) is 40.5 Å². The number of anilines is 1. The van der Waals surface area contributed by atoms with E-state index in [0.717, 1.165) is 37.6 Å². The van der Waals surface area contributed by atoms with Gasteiger partial charge in [-0.2, -0.15) is 0 Å². The highest BCUT2D eigenvalue weighted by atomic mass is 35.5. The molecule has 0 aromatic heterocycles. The van der Waals surface area contributed by atoms with Crippen LogP contribution in [-0.4, -0.2) is 56.9 Å². The Kier molecular flexibility index (Phi) is 10.9. The van der Waals surface area contributed by atoms with Gasteiger partial charge in [-0.15, -0.1) is 0 Å². The van der Waals surface area contributed by atoms with Gasteiger partial charge in [0.05, 0.1) is 13.2 Å². The van der Waals surface area contributed by atoms with Crippen LogP contribution in [0.5, 0.6) is 11.5 Å². The van der Waals surface area contributed by atoms with Crippen LogP contribution in [-0.2, 0) is 4.74 Å². The Labute approximate surface area is 228 Å². The molecule has 38 heavy (non-hydrogen) atoms. The average molecular weight is 538 g/mol. The maximum atomic E-state index is 11.1. The summed E-state index contributed by atoms with van der Waals surface area (Å²) >= 11 is 5.61. The van der Waals surface area contributed by atoms with Crippen molar-refractivity contribution in [3.63, 3.8) is 0 Å². The SMILES string of the molecule is CC(=O)c1ccc(Cl)cc1.CC(=O)c1ccc(N2CCOCC2)cc1.CC(=O)c1ccc2c(c1)OCCO2. The standard InChI is InChI=1S/C12H15NO2.C10H10O3.C8H7ClO/c1-10(14)11-2-4-12(5-3-11)13-6-8-15-9-7-13;1-7(11)8-2-3-9-10(6-8)13-5-4-12-9;1-6(10)7-2-4-8(9)5-3-7/h2-5H,6-9H2,1H3;2-3,6H,4-5H2,1H3;2-5H,1H3. The van der Waals surface area contributed by atoms with E-state index in [2.05, 4.69) is 4.90 Å². The van der Waals surface area contributed by atoms with Gasteiger partial charge in [-0.05, 0) is 87.5 Å². The Morgan fingerprint density at radius 2 is 1.11 bits per heavy atom. The normalized spacial score (nSPS) is 13.7. The molecule has 0 bridgehead atoms. The number of halogens is 1. The average Bonchev–Trinajstić information content (AvgIpc) is 2.94. The second kappa shape index (κ2) is 14.3. The number of hydrogen-bond donors (Lipinski definition) is 0. The van der Waals surface area contributed by atoms with Crippen LogP contribution in [0.15, 0.2) is 66.7 Å². The van der Waals surface area contributed by atoms with Crippen molar-refractivity contribution in [3.05, 3.63) is 88.4 Å². The predicted octanol–water partition coefficient (Wildman–Crippen LogP) is 5.93. The van der Waals surface area contributed by atoms with Crippen LogP contribution < -0.4 is 14.4 Å². The van der Waals surface area contributed by atoms with E-state index in [-0.39, 0.29) is 17.3 Å². The molecule has 0 saturated carbocycles. The molecule has 3 aromatic rings. The summed E-state index contributed by atoms with van der Waals surface area (Å²) in [4.78, 5) is 35.1. The van der Waals surface area contributed by atoms with Crippen molar-refractivity contribution in [2.24, 2.45) is 0 Å². The Morgan fingerprint density at radius 3 is 1.63 bits per heavy atom. The Morgan fingerprint density at radius 1 is 0.632 bits per heavy atom. The predicted molar refractivity (Wildman–Crippen MR) is 148 cm³/mol. The molecule has 2 aliphatic heterocycles. The lowest BCUT2D eigenvalue weighted by Gasteiger charge is -2.28. The van der Waals surface area contributed by atoms with Crippen molar-refractivity contribution in [1.82, 2.24) is 0 Å². The maximum absolute atomic E-state index is 11.1. The first-order chi connectivity index (χ1) is 18.2. The second-order valence-corrected chi connectivity index (χ2v) is 9.12. The lowest BCUT2D eigenvalue weighted by molar-refractivity contribution is 0.100. The highest BCUT2D eigenvalue weighted by Gasteiger charge is 2.13. The van der Waals surface area contributed by atoms with E-state index in [4.69, 9.17) is 25.8 Å². The Balaban J connectivity index is 0.000000161. The van der Waals surface area contributed by atoms with Crippen molar-refractivity contribution in [1.29, 1.82) is 0 Å². The number of morpholine rings is 1. The minimum atomic E-state index is 0.0389. The highest BCUT2D eigenvalue weighted by molar-refractivity contribution is 6.30. The fraction of sp³-hybridized carbons (Fsp3) is 0.300. The van der Waals surface area contributed by atoms with Crippen LogP contribution in [0.4, 0.5) is 5.69 Å². The molecule has 200 valence electrons. The number of fused-ring (bicyclic) bond motifs is 1. The second-order valence-electron chi connectivity index (χ2n) is 8.68. The minimum Gasteiger partial charge on any atom is -0.486 e. The number of ketones is 3. The first kappa shape index (κ1) is 28.9. The fourth-order valence-electron chi connectivity index (χ4n) is 3.68. The molecule has 0 N–H and O–H groups in total. The zero-order valence-corrected chi connectivity index (χ0v) is 22.6. The zero-order chi connectivity index (χ0) is 27.5. The molecule has 8 heteroatoms. The van der Waals surface area contributed by atoms with Crippen LogP contribution in [0.1, 0.15) is 51.8 Å². The smallest absolute Gasteiger partial charge is 0.162 e.